The monoisotopic (exact) mass is 303 g/mol. The van der Waals surface area contributed by atoms with E-state index in [4.69, 9.17) is 4.74 Å². The van der Waals surface area contributed by atoms with Gasteiger partial charge in [0.05, 0.1) is 7.11 Å². The summed E-state index contributed by atoms with van der Waals surface area (Å²) in [4.78, 5) is 12.6. The molecule has 0 radical (unpaired) electrons. The zero-order valence-electron chi connectivity index (χ0n) is 12.9. The van der Waals surface area contributed by atoms with Crippen molar-refractivity contribution >= 4 is 5.91 Å². The Morgan fingerprint density at radius 1 is 1.18 bits per heavy atom. The molecule has 0 unspecified atom stereocenters. The largest absolute Gasteiger partial charge is 0.494 e. The van der Waals surface area contributed by atoms with Crippen molar-refractivity contribution < 1.29 is 13.9 Å². The molecule has 0 aliphatic heterocycles. The van der Waals surface area contributed by atoms with Crippen molar-refractivity contribution in [3.05, 3.63) is 29.6 Å². The molecule has 22 heavy (non-hydrogen) atoms. The van der Waals surface area contributed by atoms with E-state index in [0.717, 1.165) is 37.0 Å². The number of nitrogens with one attached hydrogen (secondary N) is 1. The van der Waals surface area contributed by atoms with Crippen molar-refractivity contribution in [1.82, 2.24) is 5.32 Å². The van der Waals surface area contributed by atoms with Gasteiger partial charge in [-0.1, -0.05) is 0 Å². The highest BCUT2D eigenvalue weighted by Gasteiger charge is 2.51. The van der Waals surface area contributed by atoms with E-state index in [0.29, 0.717) is 5.56 Å². The van der Waals surface area contributed by atoms with Gasteiger partial charge in [-0.25, -0.2) is 4.39 Å². The van der Waals surface area contributed by atoms with Gasteiger partial charge in [-0.3, -0.25) is 4.79 Å². The fourth-order valence-electron chi connectivity index (χ4n) is 5.38. The van der Waals surface area contributed by atoms with E-state index in [2.05, 4.69) is 5.32 Å². The normalized spacial score (nSPS) is 35.5. The zero-order chi connectivity index (χ0) is 15.3. The van der Waals surface area contributed by atoms with Gasteiger partial charge < -0.3 is 10.1 Å². The standard InChI is InChI=1S/C18H22FNO2/c1-22-16-3-2-14(7-15(16)19)17(21)20-18-8-11-4-12(9-18)6-13(5-11)10-18/h2-3,7,11-13H,4-6,8-10H2,1H3,(H,20,21). The van der Waals surface area contributed by atoms with Gasteiger partial charge >= 0.3 is 0 Å². The van der Waals surface area contributed by atoms with Crippen LogP contribution in [-0.2, 0) is 0 Å². The molecule has 4 fully saturated rings. The molecular formula is C18H22FNO2. The van der Waals surface area contributed by atoms with E-state index < -0.39 is 5.82 Å². The van der Waals surface area contributed by atoms with Crippen LogP contribution in [-0.4, -0.2) is 18.6 Å². The maximum atomic E-state index is 13.8. The number of ether oxygens (including phenoxy) is 1. The van der Waals surface area contributed by atoms with Crippen LogP contribution in [0.1, 0.15) is 48.9 Å². The molecule has 1 aromatic rings. The summed E-state index contributed by atoms with van der Waals surface area (Å²) in [6, 6.07) is 4.43. The highest BCUT2D eigenvalue weighted by Crippen LogP contribution is 2.55. The fraction of sp³-hybridized carbons (Fsp3) is 0.611. The maximum absolute atomic E-state index is 13.8. The Kier molecular flexibility index (Phi) is 3.17. The second kappa shape index (κ2) is 4.97. The summed E-state index contributed by atoms with van der Waals surface area (Å²) in [5.41, 5.74) is 0.344. The van der Waals surface area contributed by atoms with Gasteiger partial charge in [0.15, 0.2) is 11.6 Å². The summed E-state index contributed by atoms with van der Waals surface area (Å²) in [7, 11) is 1.42. The van der Waals surface area contributed by atoms with E-state index in [-0.39, 0.29) is 17.2 Å². The lowest BCUT2D eigenvalue weighted by Gasteiger charge is -2.56. The summed E-state index contributed by atoms with van der Waals surface area (Å²) in [6.45, 7) is 0. The third-order valence-corrected chi connectivity index (χ3v) is 5.83. The number of hydrogen-bond donors (Lipinski definition) is 1. The molecule has 4 aliphatic carbocycles. The first kappa shape index (κ1) is 14.0. The smallest absolute Gasteiger partial charge is 0.251 e. The second-order valence-electron chi connectivity index (χ2n) is 7.50. The van der Waals surface area contributed by atoms with Crippen LogP contribution < -0.4 is 10.1 Å². The lowest BCUT2D eigenvalue weighted by atomic mass is 9.53. The minimum absolute atomic E-state index is 0.0394. The molecule has 1 aromatic carbocycles. The van der Waals surface area contributed by atoms with Crippen molar-refractivity contribution in [3.8, 4) is 5.75 Å². The maximum Gasteiger partial charge on any atom is 0.251 e. The minimum Gasteiger partial charge on any atom is -0.494 e. The van der Waals surface area contributed by atoms with Gasteiger partial charge in [0, 0.05) is 11.1 Å². The predicted octanol–water partition coefficient (Wildman–Crippen LogP) is 3.53. The summed E-state index contributed by atoms with van der Waals surface area (Å²) >= 11 is 0. The quantitative estimate of drug-likeness (QED) is 0.927. The number of halogens is 1. The molecule has 3 nitrogen and oxygen atoms in total. The molecule has 118 valence electrons. The SMILES string of the molecule is COc1ccc(C(=O)NC23CC4CC(CC(C4)C2)C3)cc1F. The van der Waals surface area contributed by atoms with Crippen molar-refractivity contribution in [2.24, 2.45) is 17.8 Å². The molecule has 4 heteroatoms. The van der Waals surface area contributed by atoms with Crippen molar-refractivity contribution in [3.63, 3.8) is 0 Å². The molecule has 0 aromatic heterocycles. The van der Waals surface area contributed by atoms with Crippen molar-refractivity contribution in [1.29, 1.82) is 0 Å². The highest BCUT2D eigenvalue weighted by molar-refractivity contribution is 5.94. The molecule has 4 saturated carbocycles. The first-order chi connectivity index (χ1) is 10.6. The van der Waals surface area contributed by atoms with Gasteiger partial charge in [-0.2, -0.15) is 0 Å². The number of methoxy groups -OCH3 is 1. The average Bonchev–Trinajstić information content (AvgIpc) is 2.45. The lowest BCUT2D eigenvalue weighted by Crippen LogP contribution is -2.59. The molecule has 1 amide bonds. The first-order valence-corrected chi connectivity index (χ1v) is 8.23. The van der Waals surface area contributed by atoms with Gasteiger partial charge in [-0.15, -0.1) is 0 Å². The molecule has 0 saturated heterocycles. The molecule has 4 bridgehead atoms. The Morgan fingerprint density at radius 2 is 1.77 bits per heavy atom. The van der Waals surface area contributed by atoms with Crippen LogP contribution in [0.15, 0.2) is 18.2 Å². The molecule has 0 atom stereocenters. The Labute approximate surface area is 130 Å². The fourth-order valence-corrected chi connectivity index (χ4v) is 5.38. The Balaban J connectivity index is 1.53. The van der Waals surface area contributed by atoms with E-state index in [1.54, 1.807) is 6.07 Å². The molecule has 0 heterocycles. The van der Waals surface area contributed by atoms with Crippen LogP contribution in [0.25, 0.3) is 0 Å². The second-order valence-corrected chi connectivity index (χ2v) is 7.50. The van der Waals surface area contributed by atoms with Crippen LogP contribution in [0.3, 0.4) is 0 Å². The van der Waals surface area contributed by atoms with Gasteiger partial charge in [0.25, 0.3) is 5.91 Å². The van der Waals surface area contributed by atoms with Gasteiger partial charge in [0.2, 0.25) is 0 Å². The van der Waals surface area contributed by atoms with Crippen LogP contribution in [0.4, 0.5) is 4.39 Å². The topological polar surface area (TPSA) is 38.3 Å². The number of carbonyl (C=O) groups is 1. The number of benzene rings is 1. The molecule has 4 aliphatic rings. The summed E-state index contributed by atoms with van der Waals surface area (Å²) < 4.78 is 18.7. The number of hydrogen-bond acceptors (Lipinski definition) is 2. The average molecular weight is 303 g/mol. The third-order valence-electron chi connectivity index (χ3n) is 5.83. The summed E-state index contributed by atoms with van der Waals surface area (Å²) in [6.07, 6.45) is 7.32. The Bertz CT molecular complexity index is 578. The highest BCUT2D eigenvalue weighted by atomic mass is 19.1. The van der Waals surface area contributed by atoms with E-state index in [1.165, 1.54) is 38.5 Å². The lowest BCUT2D eigenvalue weighted by molar-refractivity contribution is -0.0167. The molecular weight excluding hydrogens is 281 g/mol. The van der Waals surface area contributed by atoms with Crippen molar-refractivity contribution in [2.75, 3.05) is 7.11 Å². The number of carbonyl (C=O) groups excluding carboxylic acids is 1. The van der Waals surface area contributed by atoms with E-state index >= 15 is 0 Å². The number of rotatable bonds is 3. The van der Waals surface area contributed by atoms with Gasteiger partial charge in [-0.05, 0) is 74.5 Å². The van der Waals surface area contributed by atoms with Crippen LogP contribution in [0.2, 0.25) is 0 Å². The van der Waals surface area contributed by atoms with Crippen molar-refractivity contribution in [2.45, 2.75) is 44.1 Å². The van der Waals surface area contributed by atoms with E-state index in [1.807, 2.05) is 0 Å². The summed E-state index contributed by atoms with van der Waals surface area (Å²) in [5, 5.41) is 3.26. The minimum atomic E-state index is -0.485. The van der Waals surface area contributed by atoms with Crippen LogP contribution >= 0.6 is 0 Å². The summed E-state index contributed by atoms with van der Waals surface area (Å²) in [5.74, 6) is 1.87. The first-order valence-electron chi connectivity index (χ1n) is 8.23. The Morgan fingerprint density at radius 3 is 2.27 bits per heavy atom. The van der Waals surface area contributed by atoms with E-state index in [9.17, 15) is 9.18 Å². The number of amides is 1. The predicted molar refractivity (Wildman–Crippen MR) is 81.3 cm³/mol. The zero-order valence-corrected chi connectivity index (χ0v) is 12.9. The van der Waals surface area contributed by atoms with Crippen LogP contribution in [0.5, 0.6) is 5.75 Å². The van der Waals surface area contributed by atoms with Crippen LogP contribution in [0, 0.1) is 23.6 Å². The third kappa shape index (κ3) is 2.29. The Hall–Kier alpha value is -1.58. The molecule has 0 spiro atoms. The molecule has 5 rings (SSSR count). The molecule has 1 N–H and O–H groups in total. The van der Waals surface area contributed by atoms with Gasteiger partial charge in [0.1, 0.15) is 0 Å².